The van der Waals surface area contributed by atoms with Gasteiger partial charge in [0, 0.05) is 6.54 Å². The maximum absolute atomic E-state index is 9.85. The summed E-state index contributed by atoms with van der Waals surface area (Å²) in [5.74, 6) is 0. The molecule has 0 saturated heterocycles. The Balaban J connectivity index is 2.93. The van der Waals surface area contributed by atoms with Crippen molar-refractivity contribution in [1.82, 2.24) is 10.2 Å². The van der Waals surface area contributed by atoms with Gasteiger partial charge in [0.05, 0.1) is 12.1 Å². The molecule has 0 fully saturated rings. The Labute approximate surface area is 111 Å². The van der Waals surface area contributed by atoms with Crippen molar-refractivity contribution in [3.8, 4) is 0 Å². The van der Waals surface area contributed by atoms with Crippen LogP contribution in [0.25, 0.3) is 0 Å². The molecule has 102 valence electrons. The summed E-state index contributed by atoms with van der Waals surface area (Å²) in [6.07, 6.45) is 1.13. The molecular weight excluding hydrogens is 224 g/mol. The minimum atomic E-state index is -0.369. The van der Waals surface area contributed by atoms with Gasteiger partial charge in [-0.3, -0.25) is 0 Å². The van der Waals surface area contributed by atoms with Crippen molar-refractivity contribution < 1.29 is 5.11 Å². The largest absolute Gasteiger partial charge is 0.394 e. The van der Waals surface area contributed by atoms with Crippen LogP contribution in [0.15, 0.2) is 30.3 Å². The van der Waals surface area contributed by atoms with E-state index in [9.17, 15) is 5.11 Å². The lowest BCUT2D eigenvalue weighted by Crippen LogP contribution is -2.52. The normalized spacial score (nSPS) is 14.7. The second kappa shape index (κ2) is 7.52. The van der Waals surface area contributed by atoms with Crippen LogP contribution in [-0.4, -0.2) is 43.3 Å². The minimum absolute atomic E-state index is 0.105. The summed E-state index contributed by atoms with van der Waals surface area (Å²) in [4.78, 5) is 2.37. The van der Waals surface area contributed by atoms with Gasteiger partial charge in [0.2, 0.25) is 0 Å². The van der Waals surface area contributed by atoms with Crippen LogP contribution in [0.5, 0.6) is 0 Å². The first kappa shape index (κ1) is 15.2. The second-order valence-corrected chi connectivity index (χ2v) is 4.73. The van der Waals surface area contributed by atoms with Crippen molar-refractivity contribution in [2.45, 2.75) is 25.8 Å². The van der Waals surface area contributed by atoms with E-state index in [0.717, 1.165) is 31.6 Å². The number of likely N-dealkylation sites (N-methyl/N-ethyl adjacent to an activating group) is 2. The Kier molecular flexibility index (Phi) is 6.33. The van der Waals surface area contributed by atoms with Gasteiger partial charge in [-0.15, -0.1) is 0 Å². The van der Waals surface area contributed by atoms with Crippen LogP contribution in [-0.2, 0) is 5.54 Å². The number of aliphatic hydroxyl groups excluding tert-OH is 1. The molecule has 1 rings (SSSR count). The first-order chi connectivity index (χ1) is 8.72. The molecular formula is C15H26N2O. The van der Waals surface area contributed by atoms with E-state index in [-0.39, 0.29) is 12.1 Å². The molecule has 1 atom stereocenters. The first-order valence-corrected chi connectivity index (χ1v) is 6.80. The molecule has 0 amide bonds. The van der Waals surface area contributed by atoms with Crippen LogP contribution in [0.1, 0.15) is 25.8 Å². The smallest absolute Gasteiger partial charge is 0.0795 e. The van der Waals surface area contributed by atoms with E-state index in [1.54, 1.807) is 0 Å². The molecule has 1 aromatic rings. The molecule has 0 radical (unpaired) electrons. The predicted octanol–water partition coefficient (Wildman–Crippen LogP) is 1.83. The molecule has 0 spiro atoms. The van der Waals surface area contributed by atoms with E-state index >= 15 is 0 Å². The maximum Gasteiger partial charge on any atom is 0.0795 e. The van der Waals surface area contributed by atoms with Gasteiger partial charge in [-0.25, -0.2) is 0 Å². The van der Waals surface area contributed by atoms with Gasteiger partial charge >= 0.3 is 0 Å². The maximum atomic E-state index is 9.85. The lowest BCUT2D eigenvalue weighted by atomic mass is 9.90. The molecule has 3 heteroatoms. The Morgan fingerprint density at radius 3 is 2.33 bits per heavy atom. The van der Waals surface area contributed by atoms with Gasteiger partial charge in [0.15, 0.2) is 0 Å². The minimum Gasteiger partial charge on any atom is -0.394 e. The van der Waals surface area contributed by atoms with Crippen LogP contribution in [0.4, 0.5) is 0 Å². The van der Waals surface area contributed by atoms with Gasteiger partial charge in [0.1, 0.15) is 0 Å². The number of nitrogens with one attached hydrogen (secondary N) is 1. The second-order valence-electron chi connectivity index (χ2n) is 4.73. The Bertz CT molecular complexity index is 323. The molecule has 0 aliphatic rings. The van der Waals surface area contributed by atoms with E-state index in [0.29, 0.717) is 0 Å². The SMILES string of the molecule is CCCN(CC)CC(CO)(NC)c1ccccc1. The molecule has 0 aliphatic carbocycles. The zero-order chi connectivity index (χ0) is 13.4. The fraction of sp³-hybridized carbons (Fsp3) is 0.600. The molecule has 0 aromatic heterocycles. The standard InChI is InChI=1S/C15H26N2O/c1-4-11-17(5-2)12-15(13-18,16-3)14-9-7-6-8-10-14/h6-10,16,18H,4-5,11-13H2,1-3H3. The van der Waals surface area contributed by atoms with Gasteiger partial charge in [-0.05, 0) is 32.1 Å². The zero-order valence-electron chi connectivity index (χ0n) is 11.8. The van der Waals surface area contributed by atoms with E-state index < -0.39 is 0 Å². The predicted molar refractivity (Wildman–Crippen MR) is 76.7 cm³/mol. The summed E-state index contributed by atoms with van der Waals surface area (Å²) < 4.78 is 0. The van der Waals surface area contributed by atoms with Gasteiger partial charge in [-0.1, -0.05) is 44.2 Å². The number of benzene rings is 1. The molecule has 0 heterocycles. The highest BCUT2D eigenvalue weighted by atomic mass is 16.3. The summed E-state index contributed by atoms with van der Waals surface area (Å²) in [6, 6.07) is 10.2. The summed E-state index contributed by atoms with van der Waals surface area (Å²) >= 11 is 0. The molecule has 0 aliphatic heterocycles. The van der Waals surface area contributed by atoms with Crippen molar-refractivity contribution in [2.75, 3.05) is 33.3 Å². The molecule has 2 N–H and O–H groups in total. The fourth-order valence-corrected chi connectivity index (χ4v) is 2.34. The summed E-state index contributed by atoms with van der Waals surface area (Å²) in [6.45, 7) is 7.35. The lowest BCUT2D eigenvalue weighted by molar-refractivity contribution is 0.115. The number of nitrogens with zero attached hydrogens (tertiary/aromatic N) is 1. The number of rotatable bonds is 8. The quantitative estimate of drug-likeness (QED) is 0.739. The fourth-order valence-electron chi connectivity index (χ4n) is 2.34. The molecule has 0 saturated carbocycles. The topological polar surface area (TPSA) is 35.5 Å². The molecule has 1 unspecified atom stereocenters. The lowest BCUT2D eigenvalue weighted by Gasteiger charge is -2.37. The van der Waals surface area contributed by atoms with Crippen LogP contribution < -0.4 is 5.32 Å². The molecule has 1 aromatic carbocycles. The van der Waals surface area contributed by atoms with Crippen molar-refractivity contribution >= 4 is 0 Å². The van der Waals surface area contributed by atoms with Crippen molar-refractivity contribution in [3.05, 3.63) is 35.9 Å². The highest BCUT2D eigenvalue weighted by Crippen LogP contribution is 2.21. The number of hydrogen-bond donors (Lipinski definition) is 2. The molecule has 18 heavy (non-hydrogen) atoms. The monoisotopic (exact) mass is 250 g/mol. The van der Waals surface area contributed by atoms with Crippen LogP contribution in [0.3, 0.4) is 0 Å². The third-order valence-electron chi connectivity index (χ3n) is 3.56. The highest BCUT2D eigenvalue weighted by Gasteiger charge is 2.31. The Morgan fingerprint density at radius 2 is 1.89 bits per heavy atom. The van der Waals surface area contributed by atoms with Gasteiger partial charge in [-0.2, -0.15) is 0 Å². The average Bonchev–Trinajstić information content (AvgIpc) is 2.45. The Morgan fingerprint density at radius 1 is 1.22 bits per heavy atom. The third-order valence-corrected chi connectivity index (χ3v) is 3.56. The van der Waals surface area contributed by atoms with Crippen LogP contribution in [0, 0.1) is 0 Å². The zero-order valence-corrected chi connectivity index (χ0v) is 11.8. The van der Waals surface area contributed by atoms with Crippen molar-refractivity contribution in [2.24, 2.45) is 0 Å². The summed E-state index contributed by atoms with van der Waals surface area (Å²) in [5, 5.41) is 13.2. The van der Waals surface area contributed by atoms with Crippen LogP contribution >= 0.6 is 0 Å². The summed E-state index contributed by atoms with van der Waals surface area (Å²) in [7, 11) is 1.92. The summed E-state index contributed by atoms with van der Waals surface area (Å²) in [5.41, 5.74) is 0.774. The van der Waals surface area contributed by atoms with Crippen LogP contribution in [0.2, 0.25) is 0 Å². The van der Waals surface area contributed by atoms with E-state index in [4.69, 9.17) is 0 Å². The highest BCUT2D eigenvalue weighted by molar-refractivity contribution is 5.25. The van der Waals surface area contributed by atoms with E-state index in [1.807, 2.05) is 25.2 Å². The number of hydrogen-bond acceptors (Lipinski definition) is 3. The van der Waals surface area contributed by atoms with E-state index in [2.05, 4.69) is 36.2 Å². The van der Waals surface area contributed by atoms with Gasteiger partial charge in [0.25, 0.3) is 0 Å². The third kappa shape index (κ3) is 3.55. The average molecular weight is 250 g/mol. The van der Waals surface area contributed by atoms with Gasteiger partial charge < -0.3 is 15.3 Å². The first-order valence-electron chi connectivity index (χ1n) is 6.80. The van der Waals surface area contributed by atoms with E-state index in [1.165, 1.54) is 0 Å². The molecule has 0 bridgehead atoms. The van der Waals surface area contributed by atoms with Crippen molar-refractivity contribution in [3.63, 3.8) is 0 Å². The Hall–Kier alpha value is -0.900. The van der Waals surface area contributed by atoms with Crippen molar-refractivity contribution in [1.29, 1.82) is 0 Å². The molecule has 3 nitrogen and oxygen atoms in total. The number of aliphatic hydroxyl groups is 1.